The van der Waals surface area contributed by atoms with Gasteiger partial charge in [-0.2, -0.15) is 0 Å². The van der Waals surface area contributed by atoms with Crippen LogP contribution < -0.4 is 0 Å². The maximum Gasteiger partial charge on any atom is 0.312 e. The van der Waals surface area contributed by atoms with Gasteiger partial charge in [0.2, 0.25) is 0 Å². The minimum atomic E-state index is -0.277. The van der Waals surface area contributed by atoms with Crippen molar-refractivity contribution in [3.8, 4) is 0 Å². The van der Waals surface area contributed by atoms with E-state index in [1.54, 1.807) is 0 Å². The second-order valence-corrected chi connectivity index (χ2v) is 17.8. The maximum atomic E-state index is 14.4. The van der Waals surface area contributed by atoms with Gasteiger partial charge >= 0.3 is 5.97 Å². The number of fused-ring (bicyclic) bond motifs is 7. The van der Waals surface area contributed by atoms with Gasteiger partial charge in [0.1, 0.15) is 13.2 Å². The monoisotopic (exact) mass is 587 g/mol. The van der Waals surface area contributed by atoms with Crippen LogP contribution in [0.4, 0.5) is 0 Å². The van der Waals surface area contributed by atoms with Crippen LogP contribution in [0.15, 0.2) is 0 Å². The molecular weight excluding hydrogens is 518 g/mol. The summed E-state index contributed by atoms with van der Waals surface area (Å²) in [4.78, 5) is 14.4. The normalized spacial score (nSPS) is 46.4. The molecule has 42 heavy (non-hydrogen) atoms. The summed E-state index contributed by atoms with van der Waals surface area (Å²) >= 11 is 0. The summed E-state index contributed by atoms with van der Waals surface area (Å²) in [6, 6.07) is 0. The van der Waals surface area contributed by atoms with Gasteiger partial charge in [0.15, 0.2) is 0 Å². The predicted octanol–water partition coefficient (Wildman–Crippen LogP) is 8.50. The molecule has 4 nitrogen and oxygen atoms in total. The highest BCUT2D eigenvalue weighted by molar-refractivity contribution is 5.78. The van der Waals surface area contributed by atoms with E-state index in [0.29, 0.717) is 52.9 Å². The molecular formula is C38H68NO3+. The number of quaternary nitrogens is 1. The highest BCUT2D eigenvalue weighted by atomic mass is 16.5. The molecule has 0 bridgehead atoms. The number of hydrogen-bond acceptors (Lipinski definition) is 3. The summed E-state index contributed by atoms with van der Waals surface area (Å²) in [6.45, 7) is 29.2. The Morgan fingerprint density at radius 3 is 2.10 bits per heavy atom. The second-order valence-electron chi connectivity index (χ2n) is 17.8. The first-order valence-corrected chi connectivity index (χ1v) is 18.3. The molecule has 0 radical (unpaired) electrons. The van der Waals surface area contributed by atoms with Crippen molar-refractivity contribution in [3.63, 3.8) is 0 Å². The van der Waals surface area contributed by atoms with Gasteiger partial charge in [0.05, 0.1) is 31.2 Å². The van der Waals surface area contributed by atoms with E-state index in [1.807, 2.05) is 0 Å². The lowest BCUT2D eigenvalue weighted by Crippen LogP contribution is -2.67. The highest BCUT2D eigenvalue weighted by Crippen LogP contribution is 2.77. The summed E-state index contributed by atoms with van der Waals surface area (Å²) in [6.07, 6.45) is 11.5. The average molecular weight is 587 g/mol. The van der Waals surface area contributed by atoms with Gasteiger partial charge in [-0.05, 0) is 142 Å². The number of nitrogens with zero attached hydrogens (tertiary/aromatic N) is 1. The van der Waals surface area contributed by atoms with Crippen LogP contribution in [-0.2, 0) is 9.53 Å². The summed E-state index contributed by atoms with van der Waals surface area (Å²) < 4.78 is 7.40. The lowest BCUT2D eigenvalue weighted by molar-refractivity contribution is -0.923. The fourth-order valence-corrected chi connectivity index (χ4v) is 13.4. The van der Waals surface area contributed by atoms with E-state index in [1.165, 1.54) is 44.9 Å². The van der Waals surface area contributed by atoms with Crippen molar-refractivity contribution in [1.82, 2.24) is 0 Å². The van der Waals surface area contributed by atoms with Gasteiger partial charge in [0.25, 0.3) is 0 Å². The molecule has 0 aromatic heterocycles. The Kier molecular flexibility index (Phi) is 8.60. The molecule has 5 saturated carbocycles. The van der Waals surface area contributed by atoms with E-state index < -0.39 is 0 Å². The Balaban J connectivity index is 1.44. The number of carbonyl (C=O) groups is 1. The van der Waals surface area contributed by atoms with E-state index >= 15 is 0 Å². The maximum absolute atomic E-state index is 14.4. The first-order chi connectivity index (χ1) is 19.6. The van der Waals surface area contributed by atoms with Crippen LogP contribution in [0, 0.1) is 62.6 Å². The van der Waals surface area contributed by atoms with Crippen molar-refractivity contribution < 1.29 is 19.1 Å². The van der Waals surface area contributed by atoms with E-state index in [-0.39, 0.29) is 28.3 Å². The molecule has 0 amide bonds. The van der Waals surface area contributed by atoms with Gasteiger partial charge in [-0.25, -0.2) is 0 Å². The number of hydrogen-bond donors (Lipinski definition) is 1. The van der Waals surface area contributed by atoms with Crippen LogP contribution in [-0.4, -0.2) is 54.4 Å². The molecule has 0 spiro atoms. The number of esters is 1. The lowest BCUT2D eigenvalue weighted by Gasteiger charge is -2.72. The van der Waals surface area contributed by atoms with Crippen LogP contribution >= 0.6 is 0 Å². The van der Waals surface area contributed by atoms with E-state index in [9.17, 15) is 9.90 Å². The van der Waals surface area contributed by atoms with Crippen LogP contribution in [0.3, 0.4) is 0 Å². The Morgan fingerprint density at radius 2 is 1.48 bits per heavy atom. The predicted molar refractivity (Wildman–Crippen MR) is 173 cm³/mol. The molecule has 0 saturated heterocycles. The Morgan fingerprint density at radius 1 is 0.810 bits per heavy atom. The zero-order valence-corrected chi connectivity index (χ0v) is 29.4. The summed E-state index contributed by atoms with van der Waals surface area (Å²) in [5.74, 6) is 3.75. The van der Waals surface area contributed by atoms with E-state index in [4.69, 9.17) is 4.74 Å². The van der Waals surface area contributed by atoms with Crippen molar-refractivity contribution in [1.29, 1.82) is 0 Å². The number of likely N-dealkylation sites (N-methyl/N-ethyl adjacent to an activating group) is 1. The van der Waals surface area contributed by atoms with E-state index in [2.05, 4.69) is 69.2 Å². The smallest absolute Gasteiger partial charge is 0.312 e. The zero-order valence-electron chi connectivity index (χ0n) is 29.4. The molecule has 5 aliphatic carbocycles. The molecule has 0 aromatic rings. The topological polar surface area (TPSA) is 46.5 Å². The largest absolute Gasteiger partial charge is 0.459 e. The zero-order chi connectivity index (χ0) is 30.9. The standard InChI is InChI=1S/C38H68NO3/c1-11-39(12-2,13-3)24-25-42-33(41)38-21-16-27(26(4)5)32(38)28-14-15-30-35(8)19-18-31(40)34(6,7)29(35)17-20-37(30,10)36(28,9)22-23-38/h26-32,40H,11-25H2,1-10H3/q+1/t27-,28+,29-,30+,31-,32+,35-,36+,37+,38-/m0/s1. The van der Waals surface area contributed by atoms with Crippen molar-refractivity contribution >= 4 is 5.97 Å². The quantitative estimate of drug-likeness (QED) is 0.229. The summed E-state index contributed by atoms with van der Waals surface area (Å²) in [5.41, 5.74) is 0.567. The SMILES string of the molecule is CC[N+](CC)(CC)CCOC(=O)[C@]12CC[C@@H](C(C)C)[C@@H]1[C@H]1CC[C@@H]3[C@@]4(C)CC[C@H](O)C(C)(C)[C@@H]4CC[C@@]3(C)[C@]1(C)CC2. The minimum absolute atomic E-state index is 0.00458. The third-order valence-electron chi connectivity index (χ3n) is 16.5. The average Bonchev–Trinajstić information content (AvgIpc) is 3.35. The van der Waals surface area contributed by atoms with Gasteiger partial charge in [0, 0.05) is 0 Å². The van der Waals surface area contributed by atoms with Gasteiger partial charge < -0.3 is 14.3 Å². The number of ether oxygens (including phenoxy) is 1. The Hall–Kier alpha value is -0.610. The molecule has 0 aliphatic heterocycles. The molecule has 0 aromatic carbocycles. The molecule has 242 valence electrons. The summed E-state index contributed by atoms with van der Waals surface area (Å²) in [5, 5.41) is 11.1. The molecule has 0 heterocycles. The summed E-state index contributed by atoms with van der Waals surface area (Å²) in [7, 11) is 0. The van der Waals surface area contributed by atoms with Crippen molar-refractivity contribution in [3.05, 3.63) is 0 Å². The molecule has 0 unspecified atom stereocenters. The van der Waals surface area contributed by atoms with Crippen LogP contribution in [0.5, 0.6) is 0 Å². The first kappa shape index (κ1) is 32.8. The molecule has 5 rings (SSSR count). The van der Waals surface area contributed by atoms with Crippen molar-refractivity contribution in [2.45, 2.75) is 140 Å². The minimum Gasteiger partial charge on any atom is -0.459 e. The van der Waals surface area contributed by atoms with Crippen LogP contribution in [0.1, 0.15) is 133 Å². The molecule has 10 atom stereocenters. The first-order valence-electron chi connectivity index (χ1n) is 18.3. The van der Waals surface area contributed by atoms with Gasteiger partial charge in [-0.3, -0.25) is 4.79 Å². The fraction of sp³-hybridized carbons (Fsp3) is 0.974. The van der Waals surface area contributed by atoms with Crippen LogP contribution in [0.2, 0.25) is 0 Å². The molecule has 1 N–H and O–H groups in total. The lowest BCUT2D eigenvalue weighted by atomic mass is 9.32. The van der Waals surface area contributed by atoms with Gasteiger partial charge in [-0.1, -0.05) is 48.5 Å². The van der Waals surface area contributed by atoms with Crippen LogP contribution in [0.25, 0.3) is 0 Å². The third-order valence-corrected chi connectivity index (χ3v) is 16.5. The highest BCUT2D eigenvalue weighted by Gasteiger charge is 2.72. The van der Waals surface area contributed by atoms with E-state index in [0.717, 1.165) is 49.9 Å². The number of rotatable bonds is 8. The third kappa shape index (κ3) is 4.44. The number of aliphatic hydroxyl groups is 1. The molecule has 4 heteroatoms. The Bertz CT molecular complexity index is 994. The molecule has 5 aliphatic rings. The number of aliphatic hydroxyl groups excluding tert-OH is 1. The Labute approximate surface area is 259 Å². The second kappa shape index (κ2) is 11.0. The number of carbonyl (C=O) groups excluding carboxylic acids is 1. The van der Waals surface area contributed by atoms with Crippen molar-refractivity contribution in [2.24, 2.45) is 62.6 Å². The van der Waals surface area contributed by atoms with Crippen molar-refractivity contribution in [2.75, 3.05) is 32.8 Å². The molecule has 5 fully saturated rings. The fourth-order valence-electron chi connectivity index (χ4n) is 13.4. The van der Waals surface area contributed by atoms with Gasteiger partial charge in [-0.15, -0.1) is 0 Å².